The lowest BCUT2D eigenvalue weighted by Gasteiger charge is -2.44. The van der Waals surface area contributed by atoms with Crippen molar-refractivity contribution in [3.05, 3.63) is 46.8 Å². The quantitative estimate of drug-likeness (QED) is 0.192. The van der Waals surface area contributed by atoms with Crippen LogP contribution >= 0.6 is 0 Å². The van der Waals surface area contributed by atoms with Gasteiger partial charge in [-0.2, -0.15) is 13.2 Å². The second-order valence-corrected chi connectivity index (χ2v) is 12.5. The lowest BCUT2D eigenvalue weighted by Crippen LogP contribution is -2.38. The first-order chi connectivity index (χ1) is 20.1. The molecule has 3 fully saturated rings. The molecule has 0 radical (unpaired) electrons. The molecule has 0 spiro atoms. The smallest absolute Gasteiger partial charge is 0.378 e. The van der Waals surface area contributed by atoms with Crippen molar-refractivity contribution in [3.8, 4) is 23.7 Å². The second-order valence-electron chi connectivity index (χ2n) is 12.5. The third-order valence-corrected chi connectivity index (χ3v) is 9.63. The summed E-state index contributed by atoms with van der Waals surface area (Å²) in [4.78, 5) is 0. The van der Waals surface area contributed by atoms with Gasteiger partial charge in [0.25, 0.3) is 0 Å². The average Bonchev–Trinajstić information content (AvgIpc) is 2.95. The average molecular weight is 589 g/mol. The van der Waals surface area contributed by atoms with Crippen molar-refractivity contribution in [1.29, 1.82) is 0 Å². The van der Waals surface area contributed by atoms with Crippen molar-refractivity contribution < 1.29 is 31.1 Å². The van der Waals surface area contributed by atoms with Gasteiger partial charge in [-0.05, 0) is 105 Å². The molecule has 3 aliphatic rings. The van der Waals surface area contributed by atoms with E-state index in [0.29, 0.717) is 23.9 Å². The van der Waals surface area contributed by atoms with Crippen molar-refractivity contribution in [3.63, 3.8) is 0 Å². The summed E-state index contributed by atoms with van der Waals surface area (Å²) < 4.78 is 87.6. The highest BCUT2D eigenvalue weighted by atomic mass is 19.4. The highest BCUT2D eigenvalue weighted by molar-refractivity contribution is 5.87. The van der Waals surface area contributed by atoms with Gasteiger partial charge in [-0.1, -0.05) is 43.9 Å². The second kappa shape index (κ2) is 13.3. The van der Waals surface area contributed by atoms with Gasteiger partial charge in [0.05, 0.1) is 17.1 Å². The number of unbranched alkanes of at least 4 members (excludes halogenated alkanes) is 2. The van der Waals surface area contributed by atoms with Crippen LogP contribution in [0.1, 0.15) is 95.1 Å². The number of hydrogen-bond donors (Lipinski definition) is 0. The van der Waals surface area contributed by atoms with Crippen LogP contribution in [0, 0.1) is 70.7 Å². The minimum absolute atomic E-state index is 0.105. The summed E-state index contributed by atoms with van der Waals surface area (Å²) in [5.74, 6) is 7.66. The van der Waals surface area contributed by atoms with E-state index in [1.807, 2.05) is 0 Å². The first-order valence-electron chi connectivity index (χ1n) is 15.5. The van der Waals surface area contributed by atoms with Crippen molar-refractivity contribution >= 4 is 10.8 Å². The molecule has 42 heavy (non-hydrogen) atoms. The molecule has 0 bridgehead atoms. The zero-order valence-corrected chi connectivity index (χ0v) is 24.1. The van der Waals surface area contributed by atoms with Gasteiger partial charge in [0.2, 0.25) is 0 Å². The van der Waals surface area contributed by atoms with E-state index in [9.17, 15) is 26.3 Å². The molecule has 1 saturated heterocycles. The van der Waals surface area contributed by atoms with Gasteiger partial charge in [0, 0.05) is 24.0 Å². The van der Waals surface area contributed by atoms with Gasteiger partial charge < -0.3 is 4.74 Å². The molecule has 0 N–H and O–H groups in total. The van der Waals surface area contributed by atoms with Crippen LogP contribution in [-0.2, 0) is 4.74 Å². The Morgan fingerprint density at radius 1 is 0.833 bits per heavy atom. The van der Waals surface area contributed by atoms with Crippen molar-refractivity contribution in [2.24, 2.45) is 29.6 Å². The third kappa shape index (κ3) is 7.46. The van der Waals surface area contributed by atoms with E-state index in [-0.39, 0.29) is 16.9 Å². The van der Waals surface area contributed by atoms with E-state index in [2.05, 4.69) is 18.8 Å². The first kappa shape index (κ1) is 30.8. The molecule has 5 rings (SSSR count). The fraction of sp³-hybridized carbons (Fsp3) is 0.600. The Balaban J connectivity index is 1.19. The number of halogens is 6. The summed E-state index contributed by atoms with van der Waals surface area (Å²) in [7, 11) is 0. The molecular formula is C35H38F6O. The van der Waals surface area contributed by atoms with Crippen LogP contribution in [0.15, 0.2) is 18.2 Å². The molecule has 6 atom stereocenters. The van der Waals surface area contributed by atoms with Crippen LogP contribution in [0.3, 0.4) is 0 Å². The SMILES string of the molecule is CCCCCC1CCC(C2CCC3CC(C#Cc4cc(F)c5c(F)c(C#CC(F)(F)F)c(F)cc5c4)CCC3C2)OC1. The largest absolute Gasteiger partial charge is 0.458 e. The lowest BCUT2D eigenvalue weighted by atomic mass is 9.63. The molecule has 7 heteroatoms. The van der Waals surface area contributed by atoms with Crippen molar-refractivity contribution in [2.75, 3.05) is 6.61 Å². The Morgan fingerprint density at radius 3 is 2.33 bits per heavy atom. The zero-order valence-electron chi connectivity index (χ0n) is 24.1. The van der Waals surface area contributed by atoms with Crippen molar-refractivity contribution in [1.82, 2.24) is 0 Å². The molecule has 0 amide bonds. The van der Waals surface area contributed by atoms with Gasteiger partial charge in [0.1, 0.15) is 11.6 Å². The molecule has 1 nitrogen and oxygen atoms in total. The fourth-order valence-electron chi connectivity index (χ4n) is 7.42. The minimum atomic E-state index is -4.93. The number of fused-ring (bicyclic) bond motifs is 2. The monoisotopic (exact) mass is 588 g/mol. The molecular weight excluding hydrogens is 550 g/mol. The number of rotatable bonds is 5. The van der Waals surface area contributed by atoms with Crippen LogP contribution in [0.25, 0.3) is 10.8 Å². The minimum Gasteiger partial charge on any atom is -0.378 e. The summed E-state index contributed by atoms with van der Waals surface area (Å²) in [6.45, 7) is 3.16. The highest BCUT2D eigenvalue weighted by Crippen LogP contribution is 2.47. The van der Waals surface area contributed by atoms with Crippen LogP contribution in [0.4, 0.5) is 26.3 Å². The van der Waals surface area contributed by atoms with Crippen molar-refractivity contribution in [2.45, 2.75) is 96.3 Å². The van der Waals surface area contributed by atoms with Crippen LogP contribution < -0.4 is 0 Å². The summed E-state index contributed by atoms with van der Waals surface area (Å²) in [6.07, 6.45) is 9.77. The molecule has 6 unspecified atom stereocenters. The summed E-state index contributed by atoms with van der Waals surface area (Å²) in [5.41, 5.74) is -0.827. The number of benzene rings is 2. The Bertz CT molecular complexity index is 1380. The van der Waals surface area contributed by atoms with E-state index >= 15 is 0 Å². The summed E-state index contributed by atoms with van der Waals surface area (Å²) >= 11 is 0. The predicted octanol–water partition coefficient (Wildman–Crippen LogP) is 9.73. The maximum absolute atomic E-state index is 14.9. The number of hydrogen-bond acceptors (Lipinski definition) is 1. The molecule has 0 aromatic heterocycles. The Hall–Kier alpha value is -2.64. The van der Waals surface area contributed by atoms with Crippen LogP contribution in [0.5, 0.6) is 0 Å². The standard InChI is InChI=1S/C35H38F6O/c1-2-3-4-5-23-9-13-32(42-21-23)27-12-11-25-16-22(8-10-26(25)19-27)6-7-24-17-28-20-30(36)29(14-15-35(39,40)41)34(38)33(28)31(37)18-24/h17-18,20,22-23,25-27,32H,2-5,8-13,16,19,21H2,1H3. The van der Waals surface area contributed by atoms with Gasteiger partial charge >= 0.3 is 6.18 Å². The third-order valence-electron chi connectivity index (χ3n) is 9.63. The van der Waals surface area contributed by atoms with Gasteiger partial charge in [-0.15, -0.1) is 0 Å². The van der Waals surface area contributed by atoms with Crippen LogP contribution in [-0.4, -0.2) is 18.9 Å². The normalized spacial score (nSPS) is 27.9. The summed E-state index contributed by atoms with van der Waals surface area (Å²) in [5, 5.41) is -0.703. The molecule has 2 saturated carbocycles. The molecule has 2 aliphatic carbocycles. The van der Waals surface area contributed by atoms with E-state index < -0.39 is 34.6 Å². The van der Waals surface area contributed by atoms with Gasteiger partial charge in [-0.3, -0.25) is 0 Å². The maximum Gasteiger partial charge on any atom is 0.458 e. The van der Waals surface area contributed by atoms with Gasteiger partial charge in [-0.25, -0.2) is 13.2 Å². The lowest BCUT2D eigenvalue weighted by molar-refractivity contribution is -0.0701. The molecule has 2 aromatic rings. The van der Waals surface area contributed by atoms with E-state index in [0.717, 1.165) is 49.8 Å². The predicted molar refractivity (Wildman–Crippen MR) is 152 cm³/mol. The maximum atomic E-state index is 14.9. The number of ether oxygens (including phenoxy) is 1. The Morgan fingerprint density at radius 2 is 1.60 bits per heavy atom. The van der Waals surface area contributed by atoms with Crippen LogP contribution in [0.2, 0.25) is 0 Å². The van der Waals surface area contributed by atoms with Gasteiger partial charge in [0.15, 0.2) is 5.82 Å². The Labute approximate surface area is 244 Å². The topological polar surface area (TPSA) is 9.23 Å². The molecule has 226 valence electrons. The fourth-order valence-corrected chi connectivity index (χ4v) is 7.42. The van der Waals surface area contributed by atoms with E-state index in [4.69, 9.17) is 4.74 Å². The zero-order chi connectivity index (χ0) is 29.9. The van der Waals surface area contributed by atoms with E-state index in [1.54, 1.807) is 0 Å². The number of alkyl halides is 3. The molecule has 1 aliphatic heterocycles. The highest BCUT2D eigenvalue weighted by Gasteiger charge is 2.39. The molecule has 1 heterocycles. The first-order valence-corrected chi connectivity index (χ1v) is 15.5. The summed E-state index contributed by atoms with van der Waals surface area (Å²) in [6, 6.07) is 3.22. The Kier molecular flexibility index (Phi) is 9.78. The van der Waals surface area contributed by atoms with E-state index in [1.165, 1.54) is 69.8 Å². The molecule has 2 aromatic carbocycles.